The molecule has 20 heavy (non-hydrogen) atoms. The maximum atomic E-state index is 12.4. The summed E-state index contributed by atoms with van der Waals surface area (Å²) in [4.78, 5) is 16.3. The van der Waals surface area contributed by atoms with Crippen LogP contribution in [0.5, 0.6) is 5.75 Å². The molecule has 1 aromatic carbocycles. The summed E-state index contributed by atoms with van der Waals surface area (Å²) >= 11 is 0. The molecule has 0 aliphatic carbocycles. The Hall–Kier alpha value is -1.59. The van der Waals surface area contributed by atoms with Crippen molar-refractivity contribution in [3.63, 3.8) is 0 Å². The van der Waals surface area contributed by atoms with E-state index in [1.54, 1.807) is 0 Å². The zero-order valence-electron chi connectivity index (χ0n) is 12.3. The third-order valence-corrected chi connectivity index (χ3v) is 3.29. The third kappa shape index (κ3) is 4.21. The maximum absolute atomic E-state index is 12.4. The average Bonchev–Trinajstić information content (AvgIpc) is 2.47. The summed E-state index contributed by atoms with van der Waals surface area (Å²) < 4.78 is 5.67. The number of rotatable bonds is 5. The van der Waals surface area contributed by atoms with Gasteiger partial charge in [0, 0.05) is 38.3 Å². The van der Waals surface area contributed by atoms with Gasteiger partial charge in [-0.15, -0.1) is 0 Å². The first-order chi connectivity index (χ1) is 9.66. The van der Waals surface area contributed by atoms with Crippen molar-refractivity contribution in [1.82, 2.24) is 15.1 Å². The van der Waals surface area contributed by atoms with Crippen LogP contribution in [0.4, 0.5) is 0 Å². The molecule has 1 amide bonds. The van der Waals surface area contributed by atoms with Crippen LogP contribution in [0.25, 0.3) is 0 Å². The molecule has 5 nitrogen and oxygen atoms in total. The number of ether oxygens (including phenoxy) is 1. The van der Waals surface area contributed by atoms with Gasteiger partial charge >= 0.3 is 0 Å². The van der Waals surface area contributed by atoms with Gasteiger partial charge in [-0.3, -0.25) is 4.79 Å². The molecule has 0 aromatic heterocycles. The number of hydrogen-bond donors (Lipinski definition) is 1. The summed E-state index contributed by atoms with van der Waals surface area (Å²) in [5, 5.41) is 3.25. The number of piperazine rings is 1. The van der Waals surface area contributed by atoms with E-state index in [4.69, 9.17) is 4.74 Å². The average molecular weight is 277 g/mol. The van der Waals surface area contributed by atoms with Gasteiger partial charge in [0.15, 0.2) is 0 Å². The molecule has 0 radical (unpaired) electrons. The van der Waals surface area contributed by atoms with Crippen molar-refractivity contribution in [3.05, 3.63) is 29.8 Å². The van der Waals surface area contributed by atoms with Crippen LogP contribution in [-0.4, -0.2) is 69.1 Å². The lowest BCUT2D eigenvalue weighted by Gasteiger charge is -2.27. The Kier molecular flexibility index (Phi) is 5.38. The maximum Gasteiger partial charge on any atom is 0.254 e. The van der Waals surface area contributed by atoms with E-state index in [0.717, 1.165) is 38.5 Å². The second-order valence-corrected chi connectivity index (χ2v) is 5.22. The van der Waals surface area contributed by atoms with Crippen LogP contribution in [0.1, 0.15) is 10.4 Å². The summed E-state index contributed by atoms with van der Waals surface area (Å²) in [7, 11) is 4.02. The zero-order chi connectivity index (χ0) is 14.4. The monoisotopic (exact) mass is 277 g/mol. The Labute approximate surface area is 120 Å². The highest BCUT2D eigenvalue weighted by molar-refractivity contribution is 5.94. The molecule has 1 N–H and O–H groups in total. The van der Waals surface area contributed by atoms with Crippen LogP contribution < -0.4 is 10.1 Å². The zero-order valence-corrected chi connectivity index (χ0v) is 12.3. The minimum Gasteiger partial charge on any atom is -0.492 e. The highest BCUT2D eigenvalue weighted by Gasteiger charge is 2.18. The number of hydrogen-bond acceptors (Lipinski definition) is 4. The number of likely N-dealkylation sites (N-methyl/N-ethyl adjacent to an activating group) is 1. The van der Waals surface area contributed by atoms with Crippen LogP contribution in [0.15, 0.2) is 24.3 Å². The first-order valence-corrected chi connectivity index (χ1v) is 7.04. The lowest BCUT2D eigenvalue weighted by atomic mass is 10.1. The normalized spacial score (nSPS) is 15.4. The molecule has 2 rings (SSSR count). The molecule has 1 aliphatic rings. The summed E-state index contributed by atoms with van der Waals surface area (Å²) in [5.41, 5.74) is 0.703. The van der Waals surface area contributed by atoms with Gasteiger partial charge in [0.25, 0.3) is 5.91 Å². The molecule has 110 valence electrons. The SMILES string of the molecule is CN(C)CCOc1cccc(C(=O)N2CCNCC2)c1. The van der Waals surface area contributed by atoms with Gasteiger partial charge in [-0.1, -0.05) is 6.07 Å². The Morgan fingerprint density at radius 1 is 1.35 bits per heavy atom. The van der Waals surface area contributed by atoms with Crippen LogP contribution in [0.3, 0.4) is 0 Å². The Morgan fingerprint density at radius 2 is 2.10 bits per heavy atom. The predicted octanol–water partition coefficient (Wildman–Crippen LogP) is 0.672. The largest absolute Gasteiger partial charge is 0.492 e. The minimum atomic E-state index is 0.0876. The molecule has 1 heterocycles. The Bertz CT molecular complexity index is 442. The number of carbonyl (C=O) groups excluding carboxylic acids is 1. The predicted molar refractivity (Wildman–Crippen MR) is 79.3 cm³/mol. The van der Waals surface area contributed by atoms with Gasteiger partial charge in [0.05, 0.1) is 0 Å². The third-order valence-electron chi connectivity index (χ3n) is 3.29. The molecule has 0 saturated carbocycles. The van der Waals surface area contributed by atoms with E-state index in [-0.39, 0.29) is 5.91 Å². The van der Waals surface area contributed by atoms with Crippen LogP contribution in [0.2, 0.25) is 0 Å². The molecular formula is C15H23N3O2. The van der Waals surface area contributed by atoms with Gasteiger partial charge in [-0.2, -0.15) is 0 Å². The number of nitrogens with one attached hydrogen (secondary N) is 1. The van der Waals surface area contributed by atoms with E-state index in [1.165, 1.54) is 0 Å². The molecule has 0 unspecified atom stereocenters. The van der Waals surface area contributed by atoms with E-state index in [1.807, 2.05) is 43.3 Å². The molecule has 0 bridgehead atoms. The molecule has 5 heteroatoms. The van der Waals surface area contributed by atoms with Crippen molar-refractivity contribution in [2.24, 2.45) is 0 Å². The van der Waals surface area contributed by atoms with Gasteiger partial charge in [-0.05, 0) is 32.3 Å². The molecule has 0 spiro atoms. The molecule has 1 fully saturated rings. The highest BCUT2D eigenvalue weighted by Crippen LogP contribution is 2.15. The standard InChI is InChI=1S/C15H23N3O2/c1-17(2)10-11-20-14-5-3-4-13(12-14)15(19)18-8-6-16-7-9-18/h3-5,12,16H,6-11H2,1-2H3. The van der Waals surface area contributed by atoms with Crippen molar-refractivity contribution in [1.29, 1.82) is 0 Å². The van der Waals surface area contributed by atoms with Crippen molar-refractivity contribution in [2.45, 2.75) is 0 Å². The van der Waals surface area contributed by atoms with E-state index < -0.39 is 0 Å². The van der Waals surface area contributed by atoms with Gasteiger partial charge < -0.3 is 19.9 Å². The summed E-state index contributed by atoms with van der Waals surface area (Å²) in [5.74, 6) is 0.845. The second kappa shape index (κ2) is 7.26. The fraction of sp³-hybridized carbons (Fsp3) is 0.533. The Balaban J connectivity index is 1.95. The lowest BCUT2D eigenvalue weighted by molar-refractivity contribution is 0.0735. The van der Waals surface area contributed by atoms with E-state index >= 15 is 0 Å². The smallest absolute Gasteiger partial charge is 0.254 e. The fourth-order valence-corrected chi connectivity index (χ4v) is 2.12. The molecular weight excluding hydrogens is 254 g/mol. The molecule has 1 saturated heterocycles. The lowest BCUT2D eigenvalue weighted by Crippen LogP contribution is -2.46. The summed E-state index contributed by atoms with van der Waals surface area (Å²) in [6.07, 6.45) is 0. The van der Waals surface area contributed by atoms with Crippen molar-refractivity contribution < 1.29 is 9.53 Å². The van der Waals surface area contributed by atoms with Crippen LogP contribution in [-0.2, 0) is 0 Å². The first kappa shape index (κ1) is 14.8. The topological polar surface area (TPSA) is 44.8 Å². The quantitative estimate of drug-likeness (QED) is 0.859. The highest BCUT2D eigenvalue weighted by atomic mass is 16.5. The van der Waals surface area contributed by atoms with Crippen molar-refractivity contribution >= 4 is 5.91 Å². The fourth-order valence-electron chi connectivity index (χ4n) is 2.12. The second-order valence-electron chi connectivity index (χ2n) is 5.22. The molecule has 0 atom stereocenters. The summed E-state index contributed by atoms with van der Waals surface area (Å²) in [6.45, 7) is 4.75. The molecule has 1 aromatic rings. The van der Waals surface area contributed by atoms with Crippen LogP contribution >= 0.6 is 0 Å². The number of carbonyl (C=O) groups is 1. The van der Waals surface area contributed by atoms with Gasteiger partial charge in [0.2, 0.25) is 0 Å². The summed E-state index contributed by atoms with van der Waals surface area (Å²) in [6, 6.07) is 7.45. The van der Waals surface area contributed by atoms with Gasteiger partial charge in [-0.25, -0.2) is 0 Å². The minimum absolute atomic E-state index is 0.0876. The number of amides is 1. The Morgan fingerprint density at radius 3 is 2.80 bits per heavy atom. The van der Waals surface area contributed by atoms with E-state index in [9.17, 15) is 4.79 Å². The van der Waals surface area contributed by atoms with E-state index in [2.05, 4.69) is 10.2 Å². The van der Waals surface area contributed by atoms with Gasteiger partial charge in [0.1, 0.15) is 12.4 Å². The van der Waals surface area contributed by atoms with Crippen molar-refractivity contribution in [3.8, 4) is 5.75 Å². The van der Waals surface area contributed by atoms with Crippen molar-refractivity contribution in [2.75, 3.05) is 53.4 Å². The van der Waals surface area contributed by atoms with E-state index in [0.29, 0.717) is 12.2 Å². The first-order valence-electron chi connectivity index (χ1n) is 7.04. The number of nitrogens with zero attached hydrogens (tertiary/aromatic N) is 2. The molecule has 1 aliphatic heterocycles. The number of benzene rings is 1. The van der Waals surface area contributed by atoms with Crippen LogP contribution in [0, 0.1) is 0 Å².